The van der Waals surface area contributed by atoms with E-state index >= 15 is 0 Å². The molecule has 0 radical (unpaired) electrons. The highest BCUT2D eigenvalue weighted by Gasteiger charge is 2.46. The van der Waals surface area contributed by atoms with Gasteiger partial charge in [-0.1, -0.05) is 210 Å². The van der Waals surface area contributed by atoms with Crippen molar-refractivity contribution in [2.24, 2.45) is 0 Å². The Kier molecular flexibility index (Phi) is 12.3. The van der Waals surface area contributed by atoms with Gasteiger partial charge < -0.3 is 0 Å². The maximum absolute atomic E-state index is 4.75. The van der Waals surface area contributed by atoms with Crippen LogP contribution in [0.3, 0.4) is 0 Å². The molecule has 406 valence electrons. The molecular formula is C79H60N6. The van der Waals surface area contributed by atoms with Crippen LogP contribution in [0, 0.1) is 0 Å². The van der Waals surface area contributed by atoms with Gasteiger partial charge in [0.15, 0.2) is 0 Å². The summed E-state index contributed by atoms with van der Waals surface area (Å²) in [7, 11) is 0. The maximum Gasteiger partial charge on any atom is 0.138 e. The normalized spacial score (nSPS) is 14.3. The Balaban J connectivity index is 0.751. The largest absolute Gasteiger partial charge is 0.279 e. The number of rotatable bonds is 12. The van der Waals surface area contributed by atoms with Crippen molar-refractivity contribution in [3.05, 3.63) is 334 Å². The lowest BCUT2D eigenvalue weighted by atomic mass is 9.67. The topological polar surface area (TPSA) is 58.0 Å². The standard InChI is InChI=1S/C79H60N6/c1-77(2)67-47-53(31-37-61(67)63-41-35-59(51-69(63)77)84(73-23-11-15-43-80-73)74-24-12-16-44-81-74)27-29-55-33-39-65-66-40-34-56(50-72(66)79(71(65)49-55,57-19-7-5-8-20-57)58-21-9-6-10-22-58)30-28-54-32-38-62-64-42-36-60(52-70(64)78(3,4)68(62)48-54)85(75-25-13-17-45-82-75)76-26-14-18-46-83-76/h5-52H,1-4H3/b29-27+,30-28+. The van der Waals surface area contributed by atoms with E-state index in [9.17, 15) is 0 Å². The zero-order valence-corrected chi connectivity index (χ0v) is 47.9. The summed E-state index contributed by atoms with van der Waals surface area (Å²) in [4.78, 5) is 23.3. The Morgan fingerprint density at radius 1 is 0.271 bits per heavy atom. The van der Waals surface area contributed by atoms with Gasteiger partial charge in [-0.15, -0.1) is 0 Å². The molecule has 0 atom stereocenters. The van der Waals surface area contributed by atoms with Gasteiger partial charge in [0.25, 0.3) is 0 Å². The lowest BCUT2D eigenvalue weighted by Crippen LogP contribution is -2.28. The molecule has 6 heteroatoms. The van der Waals surface area contributed by atoms with Crippen LogP contribution in [-0.4, -0.2) is 19.9 Å². The molecule has 0 fully saturated rings. The van der Waals surface area contributed by atoms with Crippen molar-refractivity contribution in [1.82, 2.24) is 19.9 Å². The van der Waals surface area contributed by atoms with Crippen LogP contribution in [0.4, 0.5) is 34.6 Å². The number of aromatic nitrogens is 4. The van der Waals surface area contributed by atoms with Crippen molar-refractivity contribution in [2.75, 3.05) is 9.80 Å². The van der Waals surface area contributed by atoms with Crippen molar-refractivity contribution >= 4 is 59.0 Å². The van der Waals surface area contributed by atoms with E-state index in [1.54, 1.807) is 0 Å². The first-order chi connectivity index (χ1) is 41.6. The van der Waals surface area contributed by atoms with E-state index in [4.69, 9.17) is 19.9 Å². The van der Waals surface area contributed by atoms with Gasteiger partial charge >= 0.3 is 0 Å². The quantitative estimate of drug-likeness (QED) is 0.114. The third-order valence-electron chi connectivity index (χ3n) is 17.9. The summed E-state index contributed by atoms with van der Waals surface area (Å²) in [6, 6.07) is 87.9. The molecule has 3 aliphatic rings. The minimum atomic E-state index is -0.573. The lowest BCUT2D eigenvalue weighted by Gasteiger charge is -2.34. The Hall–Kier alpha value is -10.6. The van der Waals surface area contributed by atoms with E-state index in [1.165, 1.54) is 77.9 Å². The second-order valence-electron chi connectivity index (χ2n) is 23.5. The van der Waals surface area contributed by atoms with Crippen molar-refractivity contribution in [3.8, 4) is 33.4 Å². The van der Waals surface area contributed by atoms with Crippen LogP contribution in [0.25, 0.3) is 57.7 Å². The van der Waals surface area contributed by atoms with Crippen LogP contribution in [0.15, 0.2) is 267 Å². The molecule has 0 bridgehead atoms. The van der Waals surface area contributed by atoms with E-state index in [2.05, 4.69) is 232 Å². The Morgan fingerprint density at radius 2 is 0.541 bits per heavy atom. The molecule has 0 spiro atoms. The molecule has 15 rings (SSSR count). The third-order valence-corrected chi connectivity index (χ3v) is 17.9. The number of nitrogens with zero attached hydrogens (tertiary/aromatic N) is 6. The third kappa shape index (κ3) is 8.54. The Bertz CT molecular complexity index is 4200. The van der Waals surface area contributed by atoms with Crippen molar-refractivity contribution in [3.63, 3.8) is 0 Å². The minimum absolute atomic E-state index is 0.245. The van der Waals surface area contributed by atoms with E-state index < -0.39 is 5.41 Å². The summed E-state index contributed by atoms with van der Waals surface area (Å²) >= 11 is 0. The molecule has 0 unspecified atom stereocenters. The highest BCUT2D eigenvalue weighted by Crippen LogP contribution is 2.58. The fraction of sp³-hybridized carbons (Fsp3) is 0.0886. The van der Waals surface area contributed by atoms with Crippen LogP contribution < -0.4 is 9.80 Å². The number of pyridine rings is 4. The van der Waals surface area contributed by atoms with Gasteiger partial charge in [0.2, 0.25) is 0 Å². The first-order valence-corrected chi connectivity index (χ1v) is 29.2. The van der Waals surface area contributed by atoms with Gasteiger partial charge in [-0.25, -0.2) is 19.9 Å². The molecule has 12 aromatic rings. The molecule has 85 heavy (non-hydrogen) atoms. The molecule has 4 aromatic heterocycles. The Morgan fingerprint density at radius 3 is 0.847 bits per heavy atom. The molecule has 0 aliphatic heterocycles. The molecule has 8 aromatic carbocycles. The van der Waals surface area contributed by atoms with Gasteiger partial charge in [-0.2, -0.15) is 0 Å². The molecular weight excluding hydrogens is 1030 g/mol. The molecule has 4 heterocycles. The molecule has 0 saturated carbocycles. The zero-order valence-electron chi connectivity index (χ0n) is 47.9. The lowest BCUT2D eigenvalue weighted by molar-refractivity contribution is 0.660. The number of hydrogen-bond donors (Lipinski definition) is 0. The highest BCUT2D eigenvalue weighted by atomic mass is 15.2. The summed E-state index contributed by atoms with van der Waals surface area (Å²) in [5.41, 5.74) is 23.4. The molecule has 3 aliphatic carbocycles. The van der Waals surface area contributed by atoms with E-state index in [0.29, 0.717) is 0 Å². The van der Waals surface area contributed by atoms with Gasteiger partial charge in [0.1, 0.15) is 23.3 Å². The summed E-state index contributed by atoms with van der Waals surface area (Å²) in [5.74, 6) is 3.30. The summed E-state index contributed by atoms with van der Waals surface area (Å²) in [5, 5.41) is 0. The molecule has 6 nitrogen and oxygen atoms in total. The van der Waals surface area contributed by atoms with Crippen LogP contribution in [0.1, 0.15) is 94.5 Å². The average Bonchev–Trinajstić information content (AvgIpc) is 1.62. The number of hydrogen-bond acceptors (Lipinski definition) is 6. The second kappa shape index (κ2) is 20.4. The van der Waals surface area contributed by atoms with Crippen molar-refractivity contribution in [2.45, 2.75) is 43.9 Å². The monoisotopic (exact) mass is 1090 g/mol. The smallest absolute Gasteiger partial charge is 0.138 e. The number of fused-ring (bicyclic) bond motifs is 9. The summed E-state index contributed by atoms with van der Waals surface area (Å²) in [6.07, 6.45) is 16.5. The van der Waals surface area contributed by atoms with Crippen LogP contribution in [0.2, 0.25) is 0 Å². The zero-order chi connectivity index (χ0) is 57.3. The van der Waals surface area contributed by atoms with E-state index in [-0.39, 0.29) is 10.8 Å². The fourth-order valence-corrected chi connectivity index (χ4v) is 13.8. The van der Waals surface area contributed by atoms with Gasteiger partial charge in [0.05, 0.1) is 5.41 Å². The minimum Gasteiger partial charge on any atom is -0.279 e. The predicted molar refractivity (Wildman–Crippen MR) is 350 cm³/mol. The van der Waals surface area contributed by atoms with Crippen LogP contribution in [0.5, 0.6) is 0 Å². The SMILES string of the molecule is CC1(C)c2cc(/C=C/c3ccc4c(c3)C(c3ccccc3)(c3ccccc3)c3cc(/C=C/c5ccc6c(c5)C(C)(C)c5cc(N(c7ccccn7)c7ccccn7)ccc5-6)ccc3-4)ccc2-c2ccc(N(c3ccccn3)c3ccccn3)cc21. The van der Waals surface area contributed by atoms with Gasteiger partial charge in [-0.05, 0) is 185 Å². The van der Waals surface area contributed by atoms with E-state index in [1.807, 2.05) is 97.6 Å². The Labute approximate surface area is 497 Å². The predicted octanol–water partition coefficient (Wildman–Crippen LogP) is 19.5. The van der Waals surface area contributed by atoms with Crippen LogP contribution >= 0.6 is 0 Å². The summed E-state index contributed by atoms with van der Waals surface area (Å²) < 4.78 is 0. The molecule has 0 N–H and O–H groups in total. The van der Waals surface area contributed by atoms with Gasteiger partial charge in [0, 0.05) is 47.0 Å². The molecule has 0 amide bonds. The van der Waals surface area contributed by atoms with E-state index in [0.717, 1.165) is 56.9 Å². The van der Waals surface area contributed by atoms with Crippen molar-refractivity contribution in [1.29, 1.82) is 0 Å². The average molecular weight is 1090 g/mol. The first-order valence-electron chi connectivity index (χ1n) is 29.2. The fourth-order valence-electron chi connectivity index (χ4n) is 13.8. The molecule has 0 saturated heterocycles. The highest BCUT2D eigenvalue weighted by molar-refractivity contribution is 5.91. The number of benzene rings is 8. The number of anilines is 6. The van der Waals surface area contributed by atoms with Crippen LogP contribution in [-0.2, 0) is 16.2 Å². The maximum atomic E-state index is 4.75. The van der Waals surface area contributed by atoms with Gasteiger partial charge in [-0.3, -0.25) is 9.80 Å². The first kappa shape index (κ1) is 51.3. The van der Waals surface area contributed by atoms with Crippen molar-refractivity contribution < 1.29 is 0 Å². The second-order valence-corrected chi connectivity index (χ2v) is 23.5. The summed E-state index contributed by atoms with van der Waals surface area (Å²) in [6.45, 7) is 9.38.